The minimum absolute atomic E-state index is 0.0793. The Morgan fingerprint density at radius 2 is 1.69 bits per heavy atom. The molecule has 32 heavy (non-hydrogen) atoms. The summed E-state index contributed by atoms with van der Waals surface area (Å²) in [5, 5.41) is 3.81. The van der Waals surface area contributed by atoms with Crippen LogP contribution in [-0.4, -0.2) is 36.3 Å². The molecular weight excluding hydrogens is 422 g/mol. The zero-order valence-electron chi connectivity index (χ0n) is 18.8. The fourth-order valence-electron chi connectivity index (χ4n) is 4.24. The van der Waals surface area contributed by atoms with E-state index in [-0.39, 0.29) is 5.91 Å². The molecule has 2 aromatic carbocycles. The van der Waals surface area contributed by atoms with E-state index < -0.39 is 16.1 Å². The molecule has 1 aromatic heterocycles. The lowest BCUT2D eigenvalue weighted by Gasteiger charge is -2.20. The molecule has 0 aliphatic carbocycles. The van der Waals surface area contributed by atoms with Crippen LogP contribution in [0.25, 0.3) is 10.9 Å². The van der Waals surface area contributed by atoms with Crippen molar-refractivity contribution in [2.45, 2.75) is 57.0 Å². The fraction of sp³-hybridized carbons (Fsp3) is 0.400. The van der Waals surface area contributed by atoms with Crippen molar-refractivity contribution in [1.82, 2.24) is 14.2 Å². The molecule has 170 valence electrons. The van der Waals surface area contributed by atoms with Gasteiger partial charge in [-0.05, 0) is 56.5 Å². The lowest BCUT2D eigenvalue weighted by atomic mass is 10.1. The standard InChI is InChI=1S/C25H31N3O3S/c1-19-7-9-21(10-8-19)18-26-25(29)20(2)28-16-13-22-17-23(11-12-24(22)28)32(30,31)27-14-5-3-4-6-15-27/h7-13,16-17,20H,3-6,14-15,18H2,1-2H3,(H,26,29)/t20-/m1/s1. The normalized spacial score (nSPS) is 16.6. The Bertz CT molecular complexity index is 1190. The number of carbonyl (C=O) groups excluding carboxylic acids is 1. The van der Waals surface area contributed by atoms with Crippen LogP contribution in [0.5, 0.6) is 0 Å². The van der Waals surface area contributed by atoms with Gasteiger partial charge in [-0.25, -0.2) is 8.42 Å². The van der Waals surface area contributed by atoms with E-state index in [2.05, 4.69) is 5.32 Å². The molecule has 1 aliphatic rings. The van der Waals surface area contributed by atoms with Crippen LogP contribution in [0.2, 0.25) is 0 Å². The third-order valence-electron chi connectivity index (χ3n) is 6.28. The third kappa shape index (κ3) is 4.74. The summed E-state index contributed by atoms with van der Waals surface area (Å²) in [6.45, 7) is 5.53. The van der Waals surface area contributed by atoms with E-state index >= 15 is 0 Å². The number of rotatable bonds is 6. The van der Waals surface area contributed by atoms with E-state index in [4.69, 9.17) is 0 Å². The molecule has 4 rings (SSSR count). The number of aryl methyl sites for hydroxylation is 1. The molecule has 1 amide bonds. The lowest BCUT2D eigenvalue weighted by molar-refractivity contribution is -0.123. The summed E-state index contributed by atoms with van der Waals surface area (Å²) in [5.74, 6) is -0.0793. The smallest absolute Gasteiger partial charge is 0.243 e. The summed E-state index contributed by atoms with van der Waals surface area (Å²) >= 11 is 0. The average molecular weight is 454 g/mol. The zero-order valence-corrected chi connectivity index (χ0v) is 19.6. The van der Waals surface area contributed by atoms with Gasteiger partial charge in [0.05, 0.1) is 4.90 Å². The minimum atomic E-state index is -3.50. The second-order valence-electron chi connectivity index (χ2n) is 8.64. The predicted octanol–water partition coefficient (Wildman–Crippen LogP) is 4.39. The van der Waals surface area contributed by atoms with Crippen LogP contribution < -0.4 is 5.32 Å². The molecule has 0 unspecified atom stereocenters. The van der Waals surface area contributed by atoms with E-state index in [1.165, 1.54) is 5.56 Å². The molecule has 3 aromatic rings. The number of sulfonamides is 1. The zero-order chi connectivity index (χ0) is 22.7. The van der Waals surface area contributed by atoms with E-state index in [1.54, 1.807) is 16.4 Å². The molecule has 1 saturated heterocycles. The maximum Gasteiger partial charge on any atom is 0.243 e. The number of benzene rings is 2. The Balaban J connectivity index is 1.50. The second kappa shape index (κ2) is 9.46. The molecule has 0 saturated carbocycles. The molecule has 6 nitrogen and oxygen atoms in total. The molecule has 1 fully saturated rings. The highest BCUT2D eigenvalue weighted by Crippen LogP contribution is 2.26. The Labute approximate surface area is 190 Å². The van der Waals surface area contributed by atoms with Crippen LogP contribution in [0.4, 0.5) is 0 Å². The van der Waals surface area contributed by atoms with Gasteiger partial charge in [0.15, 0.2) is 0 Å². The molecule has 0 radical (unpaired) electrons. The van der Waals surface area contributed by atoms with Gasteiger partial charge < -0.3 is 9.88 Å². The first-order valence-electron chi connectivity index (χ1n) is 11.3. The quantitative estimate of drug-likeness (QED) is 0.602. The number of aromatic nitrogens is 1. The number of amides is 1. The second-order valence-corrected chi connectivity index (χ2v) is 10.6. The van der Waals surface area contributed by atoms with Gasteiger partial charge in [0.1, 0.15) is 6.04 Å². The van der Waals surface area contributed by atoms with Crippen LogP contribution >= 0.6 is 0 Å². The summed E-state index contributed by atoms with van der Waals surface area (Å²) in [6, 6.07) is 14.7. The molecule has 0 spiro atoms. The summed E-state index contributed by atoms with van der Waals surface area (Å²) < 4.78 is 29.8. The van der Waals surface area contributed by atoms with Gasteiger partial charge in [0.2, 0.25) is 15.9 Å². The Morgan fingerprint density at radius 3 is 2.38 bits per heavy atom. The molecule has 0 bridgehead atoms. The number of nitrogens with one attached hydrogen (secondary N) is 1. The molecule has 2 heterocycles. The maximum atomic E-state index is 13.1. The van der Waals surface area contributed by atoms with E-state index in [0.29, 0.717) is 24.5 Å². The van der Waals surface area contributed by atoms with E-state index in [9.17, 15) is 13.2 Å². The van der Waals surface area contributed by atoms with Crippen LogP contribution in [0.1, 0.15) is 49.8 Å². The van der Waals surface area contributed by atoms with Gasteiger partial charge in [-0.2, -0.15) is 4.31 Å². The van der Waals surface area contributed by atoms with Crippen molar-refractivity contribution in [1.29, 1.82) is 0 Å². The van der Waals surface area contributed by atoms with Gasteiger partial charge in [0.25, 0.3) is 0 Å². The van der Waals surface area contributed by atoms with Crippen LogP contribution in [0.3, 0.4) is 0 Å². The first-order valence-corrected chi connectivity index (χ1v) is 12.7. The highest BCUT2D eigenvalue weighted by atomic mass is 32.2. The van der Waals surface area contributed by atoms with Crippen LogP contribution in [0, 0.1) is 6.92 Å². The van der Waals surface area contributed by atoms with Gasteiger partial charge in [-0.1, -0.05) is 42.7 Å². The van der Waals surface area contributed by atoms with Crippen LogP contribution in [0.15, 0.2) is 59.6 Å². The van der Waals surface area contributed by atoms with Gasteiger partial charge in [-0.3, -0.25) is 4.79 Å². The number of hydrogen-bond acceptors (Lipinski definition) is 3. The maximum absolute atomic E-state index is 13.1. The molecule has 1 aliphatic heterocycles. The Kier molecular flexibility index (Phi) is 6.67. The fourth-order valence-corrected chi connectivity index (χ4v) is 5.79. The van der Waals surface area contributed by atoms with Crippen molar-refractivity contribution in [3.8, 4) is 0 Å². The van der Waals surface area contributed by atoms with Crippen molar-refractivity contribution in [2.24, 2.45) is 0 Å². The largest absolute Gasteiger partial charge is 0.350 e. The lowest BCUT2D eigenvalue weighted by Crippen LogP contribution is -2.32. The first-order chi connectivity index (χ1) is 15.4. The van der Waals surface area contributed by atoms with Gasteiger partial charge in [0, 0.05) is 36.7 Å². The highest BCUT2D eigenvalue weighted by molar-refractivity contribution is 7.89. The summed E-state index contributed by atoms with van der Waals surface area (Å²) in [4.78, 5) is 13.1. The average Bonchev–Trinajstić information content (AvgIpc) is 3.01. The third-order valence-corrected chi connectivity index (χ3v) is 8.17. The first kappa shape index (κ1) is 22.6. The predicted molar refractivity (Wildman–Crippen MR) is 127 cm³/mol. The SMILES string of the molecule is Cc1ccc(CNC(=O)[C@@H](C)n2ccc3cc(S(=O)(=O)N4CCCCCC4)ccc32)cc1. The number of hydrogen-bond donors (Lipinski definition) is 1. The number of carbonyl (C=O) groups is 1. The van der Waals surface area contributed by atoms with Gasteiger partial charge in [-0.15, -0.1) is 0 Å². The Morgan fingerprint density at radius 1 is 1.00 bits per heavy atom. The highest BCUT2D eigenvalue weighted by Gasteiger charge is 2.26. The topological polar surface area (TPSA) is 71.4 Å². The Hall–Kier alpha value is -2.64. The summed E-state index contributed by atoms with van der Waals surface area (Å²) in [7, 11) is -3.50. The summed E-state index contributed by atoms with van der Waals surface area (Å²) in [6.07, 6.45) is 5.83. The van der Waals surface area contributed by atoms with Crippen molar-refractivity contribution in [2.75, 3.05) is 13.1 Å². The molecule has 7 heteroatoms. The van der Waals surface area contributed by atoms with E-state index in [1.807, 2.05) is 61.0 Å². The minimum Gasteiger partial charge on any atom is -0.350 e. The molecule has 1 atom stereocenters. The van der Waals surface area contributed by atoms with Crippen molar-refractivity contribution < 1.29 is 13.2 Å². The molecular formula is C25H31N3O3S. The summed E-state index contributed by atoms with van der Waals surface area (Å²) in [5.41, 5.74) is 3.08. The van der Waals surface area contributed by atoms with E-state index in [0.717, 1.165) is 42.1 Å². The number of fused-ring (bicyclic) bond motifs is 1. The van der Waals surface area contributed by atoms with Crippen molar-refractivity contribution in [3.63, 3.8) is 0 Å². The number of nitrogens with zero attached hydrogens (tertiary/aromatic N) is 2. The van der Waals surface area contributed by atoms with Crippen molar-refractivity contribution in [3.05, 3.63) is 65.9 Å². The van der Waals surface area contributed by atoms with Crippen LogP contribution in [-0.2, 0) is 21.4 Å². The molecule has 1 N–H and O–H groups in total. The van der Waals surface area contributed by atoms with Crippen molar-refractivity contribution >= 4 is 26.8 Å². The van der Waals surface area contributed by atoms with Gasteiger partial charge >= 0.3 is 0 Å². The monoisotopic (exact) mass is 453 g/mol.